The van der Waals surface area contributed by atoms with Gasteiger partial charge in [-0.1, -0.05) is 17.7 Å². The Morgan fingerprint density at radius 1 is 1.29 bits per heavy atom. The number of halogens is 2. The van der Waals surface area contributed by atoms with E-state index in [2.05, 4.69) is 5.10 Å². The highest BCUT2D eigenvalue weighted by molar-refractivity contribution is 6.30. The van der Waals surface area contributed by atoms with Crippen molar-refractivity contribution in [1.29, 1.82) is 0 Å². The van der Waals surface area contributed by atoms with E-state index in [-0.39, 0.29) is 11.3 Å². The van der Waals surface area contributed by atoms with E-state index >= 15 is 0 Å². The summed E-state index contributed by atoms with van der Waals surface area (Å²) >= 11 is 5.78. The summed E-state index contributed by atoms with van der Waals surface area (Å²) < 4.78 is 19.4. The first-order chi connectivity index (χ1) is 10.1. The monoisotopic (exact) mass is 307 g/mol. The van der Waals surface area contributed by atoms with Gasteiger partial charge in [-0.15, -0.1) is 0 Å². The van der Waals surface area contributed by atoms with E-state index in [1.165, 1.54) is 12.1 Å². The van der Waals surface area contributed by atoms with Crippen LogP contribution in [-0.2, 0) is 0 Å². The third-order valence-electron chi connectivity index (χ3n) is 2.42. The molecule has 3 N–H and O–H groups in total. The van der Waals surface area contributed by atoms with Crippen LogP contribution in [0.5, 0.6) is 11.5 Å². The first-order valence-corrected chi connectivity index (χ1v) is 6.24. The third kappa shape index (κ3) is 4.19. The van der Waals surface area contributed by atoms with Crippen molar-refractivity contribution in [1.82, 2.24) is 5.43 Å². The predicted octanol–water partition coefficient (Wildman–Crippen LogP) is 3.27. The summed E-state index contributed by atoms with van der Waals surface area (Å²) in [4.78, 5) is 10.5. The number of nitrogens with two attached hydrogens (primary N) is 1. The van der Waals surface area contributed by atoms with Crippen molar-refractivity contribution in [3.8, 4) is 11.5 Å². The molecule has 0 saturated carbocycles. The number of hydrogen-bond donors (Lipinski definition) is 2. The van der Waals surface area contributed by atoms with Crippen molar-refractivity contribution in [2.75, 3.05) is 0 Å². The van der Waals surface area contributed by atoms with E-state index in [1.807, 2.05) is 5.43 Å². The first-order valence-electron chi connectivity index (χ1n) is 5.86. The van der Waals surface area contributed by atoms with Gasteiger partial charge in [-0.25, -0.2) is 14.6 Å². The summed E-state index contributed by atoms with van der Waals surface area (Å²) in [6, 6.07) is 10.1. The van der Waals surface area contributed by atoms with Crippen molar-refractivity contribution in [3.63, 3.8) is 0 Å². The molecule has 0 aliphatic heterocycles. The second-order valence-electron chi connectivity index (χ2n) is 3.94. The third-order valence-corrected chi connectivity index (χ3v) is 2.67. The molecular formula is C14H11ClFN3O2. The van der Waals surface area contributed by atoms with Gasteiger partial charge in [0.1, 0.15) is 17.3 Å². The van der Waals surface area contributed by atoms with Crippen LogP contribution in [0.4, 0.5) is 9.18 Å². The summed E-state index contributed by atoms with van der Waals surface area (Å²) in [6.07, 6.45) is 1.12. The number of nitrogens with zero attached hydrogens (tertiary/aromatic N) is 1. The van der Waals surface area contributed by atoms with Crippen LogP contribution in [0.1, 0.15) is 5.56 Å². The molecule has 5 nitrogen and oxygen atoms in total. The van der Waals surface area contributed by atoms with Crippen molar-refractivity contribution in [2.45, 2.75) is 0 Å². The van der Waals surface area contributed by atoms with Crippen LogP contribution in [0.15, 0.2) is 47.6 Å². The average Bonchev–Trinajstić information content (AvgIpc) is 2.44. The van der Waals surface area contributed by atoms with E-state index in [1.54, 1.807) is 30.3 Å². The maximum atomic E-state index is 13.8. The van der Waals surface area contributed by atoms with Crippen molar-refractivity contribution >= 4 is 23.8 Å². The average molecular weight is 308 g/mol. The number of rotatable bonds is 4. The maximum Gasteiger partial charge on any atom is 0.332 e. The highest BCUT2D eigenvalue weighted by Crippen LogP contribution is 2.27. The largest absolute Gasteiger partial charge is 0.457 e. The lowest BCUT2D eigenvalue weighted by Gasteiger charge is -2.09. The SMILES string of the molecule is NC(=O)NN=Cc1c(F)cccc1Oc1ccc(Cl)cc1. The van der Waals surface area contributed by atoms with Gasteiger partial charge in [0.2, 0.25) is 0 Å². The lowest BCUT2D eigenvalue weighted by molar-refractivity contribution is 0.249. The number of carbonyl (C=O) groups excluding carboxylic acids is 1. The van der Waals surface area contributed by atoms with Gasteiger partial charge in [0.15, 0.2) is 0 Å². The molecule has 2 amide bonds. The fourth-order valence-corrected chi connectivity index (χ4v) is 1.65. The van der Waals surface area contributed by atoms with Gasteiger partial charge in [0.25, 0.3) is 0 Å². The Morgan fingerprint density at radius 3 is 2.67 bits per heavy atom. The number of benzene rings is 2. The van der Waals surface area contributed by atoms with Gasteiger partial charge in [-0.05, 0) is 36.4 Å². The smallest absolute Gasteiger partial charge is 0.332 e. The number of carbonyl (C=O) groups is 1. The number of ether oxygens (including phenoxy) is 1. The van der Waals surface area contributed by atoms with Crippen molar-refractivity contribution < 1.29 is 13.9 Å². The van der Waals surface area contributed by atoms with Crippen molar-refractivity contribution in [2.24, 2.45) is 10.8 Å². The molecule has 0 radical (unpaired) electrons. The van der Waals surface area contributed by atoms with Gasteiger partial charge in [-0.3, -0.25) is 0 Å². The number of nitrogens with one attached hydrogen (secondary N) is 1. The Labute approximate surface area is 125 Å². The fourth-order valence-electron chi connectivity index (χ4n) is 1.52. The zero-order chi connectivity index (χ0) is 15.2. The second kappa shape index (κ2) is 6.71. The van der Waals surface area contributed by atoms with Crippen LogP contribution in [0.3, 0.4) is 0 Å². The molecule has 0 heterocycles. The summed E-state index contributed by atoms with van der Waals surface area (Å²) in [5.74, 6) is 0.186. The molecule has 0 aliphatic rings. The van der Waals surface area contributed by atoms with E-state index < -0.39 is 11.8 Å². The lowest BCUT2D eigenvalue weighted by atomic mass is 10.2. The quantitative estimate of drug-likeness (QED) is 0.672. The molecule has 0 bridgehead atoms. The molecule has 0 atom stereocenters. The minimum absolute atomic E-state index is 0.0844. The highest BCUT2D eigenvalue weighted by atomic mass is 35.5. The number of amides is 2. The van der Waals surface area contributed by atoms with Gasteiger partial charge in [-0.2, -0.15) is 5.10 Å². The molecule has 0 spiro atoms. The van der Waals surface area contributed by atoms with Crippen LogP contribution in [0, 0.1) is 5.82 Å². The molecule has 0 saturated heterocycles. The summed E-state index contributed by atoms with van der Waals surface area (Å²) in [5.41, 5.74) is 6.94. The molecule has 21 heavy (non-hydrogen) atoms. The van der Waals surface area contributed by atoms with Crippen LogP contribution in [-0.4, -0.2) is 12.2 Å². The molecule has 2 rings (SSSR count). The number of hydrogen-bond acceptors (Lipinski definition) is 3. The van der Waals surface area contributed by atoms with E-state index in [9.17, 15) is 9.18 Å². The Balaban J connectivity index is 2.26. The summed E-state index contributed by atoms with van der Waals surface area (Å²) in [5, 5.41) is 4.09. The topological polar surface area (TPSA) is 76.7 Å². The maximum absolute atomic E-state index is 13.8. The van der Waals surface area contributed by atoms with Gasteiger partial charge in [0, 0.05) is 5.02 Å². The van der Waals surface area contributed by atoms with Crippen LogP contribution >= 0.6 is 11.6 Å². The van der Waals surface area contributed by atoms with Gasteiger partial charge >= 0.3 is 6.03 Å². The highest BCUT2D eigenvalue weighted by Gasteiger charge is 2.08. The summed E-state index contributed by atoms with van der Waals surface area (Å²) in [7, 11) is 0. The zero-order valence-electron chi connectivity index (χ0n) is 10.7. The van der Waals surface area contributed by atoms with Crippen molar-refractivity contribution in [3.05, 3.63) is 58.9 Å². The number of hydrazone groups is 1. The molecular weight excluding hydrogens is 297 g/mol. The van der Waals surface area contributed by atoms with E-state index in [0.717, 1.165) is 6.21 Å². The first kappa shape index (κ1) is 14.8. The molecule has 2 aromatic rings. The summed E-state index contributed by atoms with van der Waals surface area (Å²) in [6.45, 7) is 0. The standard InChI is InChI=1S/C14H11ClFN3O2/c15-9-4-6-10(7-5-9)21-13-3-1-2-12(16)11(13)8-18-19-14(17)20/h1-8H,(H3,17,19,20). The van der Waals surface area contributed by atoms with Crippen LogP contribution < -0.4 is 15.9 Å². The minimum atomic E-state index is -0.845. The lowest BCUT2D eigenvalue weighted by Crippen LogP contribution is -2.24. The Kier molecular flexibility index (Phi) is 4.73. The van der Waals surface area contributed by atoms with Crippen LogP contribution in [0.25, 0.3) is 0 Å². The number of primary amides is 1. The fraction of sp³-hybridized carbons (Fsp3) is 0. The Morgan fingerprint density at radius 2 is 2.00 bits per heavy atom. The van der Waals surface area contributed by atoms with E-state index in [0.29, 0.717) is 10.8 Å². The van der Waals surface area contributed by atoms with Gasteiger partial charge < -0.3 is 10.5 Å². The molecule has 2 aromatic carbocycles. The zero-order valence-corrected chi connectivity index (χ0v) is 11.5. The molecule has 0 aromatic heterocycles. The normalized spacial score (nSPS) is 10.6. The molecule has 108 valence electrons. The Hall–Kier alpha value is -2.60. The second-order valence-corrected chi connectivity index (χ2v) is 4.38. The molecule has 0 fully saturated rings. The van der Waals surface area contributed by atoms with Crippen LogP contribution in [0.2, 0.25) is 5.02 Å². The molecule has 0 aliphatic carbocycles. The molecule has 0 unspecified atom stereocenters. The minimum Gasteiger partial charge on any atom is -0.457 e. The Bertz CT molecular complexity index is 674. The molecule has 7 heteroatoms. The number of urea groups is 1. The van der Waals surface area contributed by atoms with E-state index in [4.69, 9.17) is 22.1 Å². The van der Waals surface area contributed by atoms with Gasteiger partial charge in [0.05, 0.1) is 11.8 Å². The predicted molar refractivity (Wildman–Crippen MR) is 78.2 cm³/mol.